The maximum atomic E-state index is 5.56. The lowest BCUT2D eigenvalue weighted by atomic mass is 9.96. The minimum atomic E-state index is 0.759. The van der Waals surface area contributed by atoms with Crippen molar-refractivity contribution in [3.05, 3.63) is 60.7 Å². The van der Waals surface area contributed by atoms with Gasteiger partial charge >= 0.3 is 0 Å². The van der Waals surface area contributed by atoms with Crippen LogP contribution >= 0.6 is 0 Å². The molecule has 2 heteroatoms. The van der Waals surface area contributed by atoms with E-state index in [-0.39, 0.29) is 0 Å². The Hall–Kier alpha value is -2.74. The Bertz CT molecular complexity index is 1000. The van der Waals surface area contributed by atoms with Gasteiger partial charge in [0.05, 0.1) is 14.2 Å². The lowest BCUT2D eigenvalue weighted by molar-refractivity contribution is 0.358. The van der Waals surface area contributed by atoms with Gasteiger partial charge in [0.25, 0.3) is 0 Å². The summed E-state index contributed by atoms with van der Waals surface area (Å²) in [6, 6.07) is 21.2. The second-order valence-corrected chi connectivity index (χ2v) is 5.34. The van der Waals surface area contributed by atoms with Crippen LogP contribution in [0.2, 0.25) is 0 Å². The second-order valence-electron chi connectivity index (χ2n) is 5.34. The monoisotopic (exact) mass is 288 g/mol. The Labute approximate surface area is 128 Å². The lowest BCUT2D eigenvalue weighted by Gasteiger charge is -2.13. The molecule has 0 aliphatic rings. The third-order valence-electron chi connectivity index (χ3n) is 4.26. The van der Waals surface area contributed by atoms with Crippen molar-refractivity contribution in [2.45, 2.75) is 0 Å². The third kappa shape index (κ3) is 1.74. The summed E-state index contributed by atoms with van der Waals surface area (Å²) >= 11 is 0. The van der Waals surface area contributed by atoms with Crippen molar-refractivity contribution < 1.29 is 9.47 Å². The molecule has 0 amide bonds. The molecule has 0 fully saturated rings. The summed E-state index contributed by atoms with van der Waals surface area (Å²) in [5.74, 6) is 1.55. The van der Waals surface area contributed by atoms with E-state index in [4.69, 9.17) is 9.47 Å². The molecule has 0 aliphatic heterocycles. The van der Waals surface area contributed by atoms with Crippen LogP contribution in [0.25, 0.3) is 32.3 Å². The first-order valence-corrected chi connectivity index (χ1v) is 7.28. The molecule has 0 aromatic heterocycles. The minimum Gasteiger partial charge on any atom is -0.493 e. The second kappa shape index (κ2) is 4.92. The fraction of sp³-hybridized carbons (Fsp3) is 0.100. The Morgan fingerprint density at radius 3 is 2.00 bits per heavy atom. The first-order valence-electron chi connectivity index (χ1n) is 7.28. The first kappa shape index (κ1) is 13.0. The molecule has 0 N–H and O–H groups in total. The molecule has 0 atom stereocenters. The lowest BCUT2D eigenvalue weighted by Crippen LogP contribution is -1.92. The van der Waals surface area contributed by atoms with E-state index in [0.29, 0.717) is 0 Å². The van der Waals surface area contributed by atoms with Crippen LogP contribution in [0.1, 0.15) is 0 Å². The van der Waals surface area contributed by atoms with Crippen molar-refractivity contribution in [2.75, 3.05) is 14.2 Å². The van der Waals surface area contributed by atoms with Gasteiger partial charge in [0.15, 0.2) is 11.5 Å². The van der Waals surface area contributed by atoms with E-state index in [1.165, 1.54) is 26.9 Å². The number of methoxy groups -OCH3 is 2. The predicted octanol–water partition coefficient (Wildman–Crippen LogP) is 5.16. The van der Waals surface area contributed by atoms with Gasteiger partial charge in [-0.1, -0.05) is 42.5 Å². The fourth-order valence-electron chi connectivity index (χ4n) is 3.23. The van der Waals surface area contributed by atoms with E-state index in [9.17, 15) is 0 Å². The molecule has 0 saturated heterocycles. The SMILES string of the molecule is COc1ccc2c(ccc3c4ccccc4ccc23)c1OC. The molecule has 0 unspecified atom stereocenters. The van der Waals surface area contributed by atoms with Gasteiger partial charge in [0.2, 0.25) is 0 Å². The molecule has 22 heavy (non-hydrogen) atoms. The molecule has 0 spiro atoms. The van der Waals surface area contributed by atoms with E-state index >= 15 is 0 Å². The van der Waals surface area contributed by atoms with E-state index in [1.807, 2.05) is 6.07 Å². The van der Waals surface area contributed by atoms with E-state index in [0.717, 1.165) is 16.9 Å². The first-order chi connectivity index (χ1) is 10.8. The topological polar surface area (TPSA) is 18.5 Å². The van der Waals surface area contributed by atoms with Crippen LogP contribution in [0.3, 0.4) is 0 Å². The molecular formula is C20H16O2. The highest BCUT2D eigenvalue weighted by molar-refractivity contribution is 6.18. The summed E-state index contributed by atoms with van der Waals surface area (Å²) in [6.45, 7) is 0. The zero-order valence-electron chi connectivity index (χ0n) is 12.6. The summed E-state index contributed by atoms with van der Waals surface area (Å²) in [7, 11) is 3.35. The highest BCUT2D eigenvalue weighted by atomic mass is 16.5. The van der Waals surface area contributed by atoms with Crippen LogP contribution in [-0.2, 0) is 0 Å². The van der Waals surface area contributed by atoms with Crippen molar-refractivity contribution in [1.29, 1.82) is 0 Å². The summed E-state index contributed by atoms with van der Waals surface area (Å²) in [5.41, 5.74) is 0. The Balaban J connectivity index is 2.18. The van der Waals surface area contributed by atoms with Gasteiger partial charge in [-0.3, -0.25) is 0 Å². The van der Waals surface area contributed by atoms with E-state index < -0.39 is 0 Å². The van der Waals surface area contributed by atoms with Gasteiger partial charge in [0, 0.05) is 5.39 Å². The Morgan fingerprint density at radius 2 is 1.18 bits per heavy atom. The molecule has 0 saturated carbocycles. The predicted molar refractivity (Wildman–Crippen MR) is 92.1 cm³/mol. The molecule has 2 nitrogen and oxygen atoms in total. The summed E-state index contributed by atoms with van der Waals surface area (Å²) in [5, 5.41) is 7.28. The molecule has 0 bridgehead atoms. The average Bonchev–Trinajstić information content (AvgIpc) is 2.59. The van der Waals surface area contributed by atoms with Crippen LogP contribution < -0.4 is 9.47 Å². The van der Waals surface area contributed by atoms with E-state index in [2.05, 4.69) is 54.6 Å². The number of hydrogen-bond donors (Lipinski definition) is 0. The molecule has 4 aromatic carbocycles. The number of benzene rings is 4. The highest BCUT2D eigenvalue weighted by Gasteiger charge is 2.11. The molecule has 0 aliphatic carbocycles. The van der Waals surface area contributed by atoms with Gasteiger partial charge in [0.1, 0.15) is 0 Å². The Morgan fingerprint density at radius 1 is 0.545 bits per heavy atom. The maximum Gasteiger partial charge on any atom is 0.168 e. The summed E-state index contributed by atoms with van der Waals surface area (Å²) in [6.07, 6.45) is 0. The normalized spacial score (nSPS) is 11.2. The number of hydrogen-bond acceptors (Lipinski definition) is 2. The third-order valence-corrected chi connectivity index (χ3v) is 4.26. The zero-order chi connectivity index (χ0) is 15.1. The average molecular weight is 288 g/mol. The van der Waals surface area contributed by atoms with Gasteiger partial charge < -0.3 is 9.47 Å². The molecule has 0 radical (unpaired) electrons. The smallest absolute Gasteiger partial charge is 0.168 e. The van der Waals surface area contributed by atoms with Gasteiger partial charge in [-0.2, -0.15) is 0 Å². The van der Waals surface area contributed by atoms with Crippen LogP contribution in [0.4, 0.5) is 0 Å². The molecule has 4 aromatic rings. The number of rotatable bonds is 2. The van der Waals surface area contributed by atoms with Crippen molar-refractivity contribution in [3.8, 4) is 11.5 Å². The van der Waals surface area contributed by atoms with Crippen molar-refractivity contribution >= 4 is 32.3 Å². The maximum absolute atomic E-state index is 5.56. The molecule has 4 rings (SSSR count). The van der Waals surface area contributed by atoms with Crippen LogP contribution in [0.15, 0.2) is 60.7 Å². The molecular weight excluding hydrogens is 272 g/mol. The van der Waals surface area contributed by atoms with Crippen LogP contribution in [0, 0.1) is 0 Å². The van der Waals surface area contributed by atoms with E-state index in [1.54, 1.807) is 14.2 Å². The zero-order valence-corrected chi connectivity index (χ0v) is 12.6. The Kier molecular flexibility index (Phi) is 2.90. The van der Waals surface area contributed by atoms with Crippen molar-refractivity contribution in [2.24, 2.45) is 0 Å². The van der Waals surface area contributed by atoms with Gasteiger partial charge in [-0.15, -0.1) is 0 Å². The van der Waals surface area contributed by atoms with Gasteiger partial charge in [-0.05, 0) is 45.1 Å². The van der Waals surface area contributed by atoms with Crippen molar-refractivity contribution in [3.63, 3.8) is 0 Å². The fourth-order valence-corrected chi connectivity index (χ4v) is 3.23. The summed E-state index contributed by atoms with van der Waals surface area (Å²) in [4.78, 5) is 0. The van der Waals surface area contributed by atoms with Gasteiger partial charge in [-0.25, -0.2) is 0 Å². The summed E-state index contributed by atoms with van der Waals surface area (Å²) < 4.78 is 11.0. The molecule has 0 heterocycles. The highest BCUT2D eigenvalue weighted by Crippen LogP contribution is 2.39. The largest absolute Gasteiger partial charge is 0.493 e. The standard InChI is InChI=1S/C20H16O2/c1-21-19-12-11-17-16-8-7-13-5-3-4-6-14(13)15(16)9-10-18(17)20(19)22-2/h3-12H,1-2H3. The minimum absolute atomic E-state index is 0.759. The molecule has 108 valence electrons. The number of fused-ring (bicyclic) bond motifs is 5. The van der Waals surface area contributed by atoms with Crippen molar-refractivity contribution in [1.82, 2.24) is 0 Å². The van der Waals surface area contributed by atoms with Crippen LogP contribution in [0.5, 0.6) is 11.5 Å². The quantitative estimate of drug-likeness (QED) is 0.474. The van der Waals surface area contributed by atoms with Crippen LogP contribution in [-0.4, -0.2) is 14.2 Å². The number of ether oxygens (including phenoxy) is 2.